The minimum atomic E-state index is 0.0199. The van der Waals surface area contributed by atoms with Gasteiger partial charge in [-0.1, -0.05) is 45.4 Å². The van der Waals surface area contributed by atoms with Gasteiger partial charge < -0.3 is 4.74 Å². The van der Waals surface area contributed by atoms with Crippen LogP contribution in [0.25, 0.3) is 0 Å². The minimum Gasteiger partial charge on any atom is -0.494 e. The average Bonchev–Trinajstić information content (AvgIpc) is 2.71. The molecule has 1 aliphatic carbocycles. The molecule has 1 aliphatic rings. The molecule has 0 spiro atoms. The number of rotatable bonds is 4. The molecule has 1 unspecified atom stereocenters. The van der Waals surface area contributed by atoms with E-state index in [2.05, 4.69) is 46.8 Å². The number of hydrogen-bond acceptors (Lipinski definition) is 1. The van der Waals surface area contributed by atoms with Gasteiger partial charge in [0.05, 0.1) is 12.0 Å². The third kappa shape index (κ3) is 2.27. The zero-order valence-electron chi connectivity index (χ0n) is 12.9. The smallest absolute Gasteiger partial charge is 0.123 e. The van der Waals surface area contributed by atoms with Crippen molar-refractivity contribution in [3.05, 3.63) is 29.3 Å². The first-order chi connectivity index (χ1) is 8.73. The lowest BCUT2D eigenvalue weighted by molar-refractivity contribution is 0.334. The molecule has 1 aromatic carbocycles. The molecule has 1 nitrogen and oxygen atoms in total. The van der Waals surface area contributed by atoms with Crippen LogP contribution in [-0.2, 0) is 0 Å². The maximum absolute atomic E-state index is 6.81. The van der Waals surface area contributed by atoms with Crippen LogP contribution in [-0.4, -0.2) is 6.61 Å². The van der Waals surface area contributed by atoms with E-state index in [1.54, 1.807) is 0 Å². The van der Waals surface area contributed by atoms with Crippen molar-refractivity contribution in [3.8, 4) is 5.75 Å². The molecule has 0 heterocycles. The van der Waals surface area contributed by atoms with E-state index in [0.717, 1.165) is 11.3 Å². The third-order valence-electron chi connectivity index (χ3n) is 5.19. The van der Waals surface area contributed by atoms with E-state index in [0.29, 0.717) is 12.5 Å². The standard InChI is InChI=1S/C17H25ClO/c1-7-19-13-9-8-11(2)10-12(13)14(18)15-16(3,4)17(15,5)6/h8-10,14-15H,7H2,1-6H3. The molecule has 0 aromatic heterocycles. The minimum absolute atomic E-state index is 0.0199. The highest BCUT2D eigenvalue weighted by atomic mass is 35.5. The van der Waals surface area contributed by atoms with Crippen LogP contribution in [0.3, 0.4) is 0 Å². The zero-order valence-corrected chi connectivity index (χ0v) is 13.6. The number of halogens is 1. The Morgan fingerprint density at radius 1 is 1.21 bits per heavy atom. The molecule has 0 radical (unpaired) electrons. The summed E-state index contributed by atoms with van der Waals surface area (Å²) in [5.74, 6) is 1.43. The number of ether oxygens (including phenoxy) is 1. The second-order valence-corrected chi connectivity index (χ2v) is 7.27. The quantitative estimate of drug-likeness (QED) is 0.675. The topological polar surface area (TPSA) is 9.23 Å². The van der Waals surface area contributed by atoms with Crippen LogP contribution in [0.1, 0.15) is 51.1 Å². The van der Waals surface area contributed by atoms with E-state index in [1.807, 2.05) is 13.0 Å². The van der Waals surface area contributed by atoms with Gasteiger partial charge in [-0.2, -0.15) is 0 Å². The Labute approximate surface area is 122 Å². The van der Waals surface area contributed by atoms with Gasteiger partial charge in [0.1, 0.15) is 5.75 Å². The van der Waals surface area contributed by atoms with E-state index in [4.69, 9.17) is 16.3 Å². The van der Waals surface area contributed by atoms with Gasteiger partial charge in [-0.3, -0.25) is 0 Å². The van der Waals surface area contributed by atoms with Crippen LogP contribution < -0.4 is 4.74 Å². The molecule has 0 saturated heterocycles. The molecule has 0 amide bonds. The molecule has 0 aliphatic heterocycles. The highest BCUT2D eigenvalue weighted by Crippen LogP contribution is 2.73. The van der Waals surface area contributed by atoms with Crippen molar-refractivity contribution in [2.24, 2.45) is 16.7 Å². The summed E-state index contributed by atoms with van der Waals surface area (Å²) >= 11 is 6.81. The molecule has 1 atom stereocenters. The normalized spacial score (nSPS) is 22.1. The van der Waals surface area contributed by atoms with Gasteiger partial charge in [0.2, 0.25) is 0 Å². The number of benzene rings is 1. The maximum Gasteiger partial charge on any atom is 0.123 e. The van der Waals surface area contributed by atoms with E-state index < -0.39 is 0 Å². The summed E-state index contributed by atoms with van der Waals surface area (Å²) in [6, 6.07) is 6.31. The van der Waals surface area contributed by atoms with Crippen LogP contribution >= 0.6 is 11.6 Å². The predicted molar refractivity (Wildman–Crippen MR) is 82.0 cm³/mol. The van der Waals surface area contributed by atoms with Crippen LogP contribution in [0.2, 0.25) is 0 Å². The van der Waals surface area contributed by atoms with E-state index in [9.17, 15) is 0 Å². The number of hydrogen-bond donors (Lipinski definition) is 0. The molecule has 1 aromatic rings. The highest BCUT2D eigenvalue weighted by Gasteiger charge is 2.67. The Morgan fingerprint density at radius 2 is 1.79 bits per heavy atom. The molecule has 2 rings (SSSR count). The average molecular weight is 281 g/mol. The summed E-state index contributed by atoms with van der Waals surface area (Å²) in [7, 11) is 0. The Morgan fingerprint density at radius 3 is 2.26 bits per heavy atom. The highest BCUT2D eigenvalue weighted by molar-refractivity contribution is 6.21. The van der Waals surface area contributed by atoms with E-state index >= 15 is 0 Å². The monoisotopic (exact) mass is 280 g/mol. The Balaban J connectivity index is 2.34. The first-order valence-electron chi connectivity index (χ1n) is 7.11. The van der Waals surface area contributed by atoms with Gasteiger partial charge >= 0.3 is 0 Å². The summed E-state index contributed by atoms with van der Waals surface area (Å²) in [6.45, 7) is 14.0. The second-order valence-electron chi connectivity index (χ2n) is 6.80. The van der Waals surface area contributed by atoms with Gasteiger partial charge in [0, 0.05) is 5.56 Å². The fourth-order valence-electron chi connectivity index (χ4n) is 3.33. The molecule has 0 N–H and O–H groups in total. The van der Waals surface area contributed by atoms with Gasteiger partial charge in [0.25, 0.3) is 0 Å². The van der Waals surface area contributed by atoms with Gasteiger partial charge in [0.15, 0.2) is 0 Å². The van der Waals surface area contributed by atoms with Gasteiger partial charge in [-0.05, 0) is 36.7 Å². The lowest BCUT2D eigenvalue weighted by Crippen LogP contribution is -2.04. The van der Waals surface area contributed by atoms with Crippen molar-refractivity contribution in [1.82, 2.24) is 0 Å². The summed E-state index contributed by atoms with van der Waals surface area (Å²) in [5.41, 5.74) is 2.95. The van der Waals surface area contributed by atoms with Crippen molar-refractivity contribution in [2.75, 3.05) is 6.61 Å². The van der Waals surface area contributed by atoms with Crippen LogP contribution in [0.5, 0.6) is 5.75 Å². The number of alkyl halides is 1. The van der Waals surface area contributed by atoms with Gasteiger partial charge in [-0.15, -0.1) is 11.6 Å². The fourth-order valence-corrected chi connectivity index (χ4v) is 4.13. The van der Waals surface area contributed by atoms with Gasteiger partial charge in [-0.25, -0.2) is 0 Å². The summed E-state index contributed by atoms with van der Waals surface area (Å²) in [6.07, 6.45) is 0. The maximum atomic E-state index is 6.81. The SMILES string of the molecule is CCOc1ccc(C)cc1C(Cl)C1C(C)(C)C1(C)C. The predicted octanol–water partition coefficient (Wildman–Crippen LogP) is 5.36. The van der Waals surface area contributed by atoms with Crippen molar-refractivity contribution >= 4 is 11.6 Å². The lowest BCUT2D eigenvalue weighted by atomic mass is 10.00. The second kappa shape index (κ2) is 4.70. The molecule has 1 fully saturated rings. The van der Waals surface area contributed by atoms with Crippen molar-refractivity contribution in [2.45, 2.75) is 46.9 Å². The molecular formula is C17H25ClO. The van der Waals surface area contributed by atoms with Crippen molar-refractivity contribution < 1.29 is 4.74 Å². The molecule has 106 valence electrons. The van der Waals surface area contributed by atoms with E-state index in [-0.39, 0.29) is 16.2 Å². The first-order valence-corrected chi connectivity index (χ1v) is 7.54. The fraction of sp³-hybridized carbons (Fsp3) is 0.647. The van der Waals surface area contributed by atoms with E-state index in [1.165, 1.54) is 5.56 Å². The van der Waals surface area contributed by atoms with Crippen molar-refractivity contribution in [3.63, 3.8) is 0 Å². The third-order valence-corrected chi connectivity index (χ3v) is 5.67. The van der Waals surface area contributed by atoms with Crippen molar-refractivity contribution in [1.29, 1.82) is 0 Å². The Bertz CT molecular complexity index is 462. The zero-order chi connectivity index (χ0) is 14.4. The first kappa shape index (κ1) is 14.7. The number of aryl methyl sites for hydroxylation is 1. The Hall–Kier alpha value is -0.690. The Kier molecular flexibility index (Phi) is 3.64. The largest absolute Gasteiger partial charge is 0.494 e. The molecule has 1 saturated carbocycles. The molecule has 0 bridgehead atoms. The van der Waals surface area contributed by atoms with Crippen LogP contribution in [0.4, 0.5) is 0 Å². The summed E-state index contributed by atoms with van der Waals surface area (Å²) in [4.78, 5) is 0. The summed E-state index contributed by atoms with van der Waals surface area (Å²) in [5, 5.41) is 0.0199. The lowest BCUT2D eigenvalue weighted by Gasteiger charge is -2.17. The molecule has 19 heavy (non-hydrogen) atoms. The van der Waals surface area contributed by atoms with Crippen LogP contribution in [0.15, 0.2) is 18.2 Å². The summed E-state index contributed by atoms with van der Waals surface area (Å²) < 4.78 is 5.74. The molecular weight excluding hydrogens is 256 g/mol. The van der Waals surface area contributed by atoms with Crippen LogP contribution in [0, 0.1) is 23.7 Å². The molecule has 2 heteroatoms.